The van der Waals surface area contributed by atoms with Crippen LogP contribution in [0.4, 0.5) is 10.1 Å². The third-order valence-corrected chi connectivity index (χ3v) is 5.64. The number of rotatable bonds is 4. The molecule has 0 saturated carbocycles. The molecule has 0 unspecified atom stereocenters. The molecule has 2 aromatic carbocycles. The molecule has 1 amide bonds. The number of aryl methyl sites for hydroxylation is 1. The van der Waals surface area contributed by atoms with E-state index in [4.69, 9.17) is 0 Å². The lowest BCUT2D eigenvalue weighted by atomic mass is 10.1. The summed E-state index contributed by atoms with van der Waals surface area (Å²) in [6.07, 6.45) is 1.39. The van der Waals surface area contributed by atoms with Crippen LogP contribution in [0.15, 0.2) is 65.7 Å². The topological polar surface area (TPSA) is 64.0 Å². The molecule has 0 aliphatic heterocycles. The van der Waals surface area contributed by atoms with Crippen LogP contribution in [0.25, 0.3) is 20.7 Å². The quantitative estimate of drug-likeness (QED) is 0.565. The molecular formula is C21H16FN3O2S. The van der Waals surface area contributed by atoms with Crippen molar-refractivity contribution in [2.24, 2.45) is 0 Å². The maximum Gasteiger partial charge on any atom is 0.262 e. The van der Waals surface area contributed by atoms with E-state index in [-0.39, 0.29) is 23.8 Å². The van der Waals surface area contributed by atoms with Crippen LogP contribution in [0.3, 0.4) is 0 Å². The Balaban J connectivity index is 1.64. The fraction of sp³-hybridized carbons (Fsp3) is 0.0952. The lowest BCUT2D eigenvalue weighted by Gasteiger charge is -2.07. The number of benzene rings is 2. The summed E-state index contributed by atoms with van der Waals surface area (Å²) in [6.45, 7) is 1.72. The lowest BCUT2D eigenvalue weighted by Crippen LogP contribution is -2.27. The van der Waals surface area contributed by atoms with Gasteiger partial charge in [-0.05, 0) is 42.3 Å². The molecule has 4 aromatic rings. The molecule has 140 valence electrons. The largest absolute Gasteiger partial charge is 0.325 e. The van der Waals surface area contributed by atoms with Crippen LogP contribution in [0, 0.1) is 12.7 Å². The molecular weight excluding hydrogens is 377 g/mol. The van der Waals surface area contributed by atoms with Gasteiger partial charge in [0.25, 0.3) is 5.56 Å². The molecule has 7 heteroatoms. The van der Waals surface area contributed by atoms with Crippen LogP contribution < -0.4 is 10.9 Å². The third kappa shape index (κ3) is 3.44. The van der Waals surface area contributed by atoms with E-state index >= 15 is 0 Å². The van der Waals surface area contributed by atoms with Gasteiger partial charge >= 0.3 is 0 Å². The van der Waals surface area contributed by atoms with Crippen molar-refractivity contribution in [2.45, 2.75) is 13.5 Å². The van der Waals surface area contributed by atoms with Gasteiger partial charge in [0.15, 0.2) is 0 Å². The molecule has 28 heavy (non-hydrogen) atoms. The first-order chi connectivity index (χ1) is 13.5. The van der Waals surface area contributed by atoms with E-state index in [2.05, 4.69) is 10.3 Å². The summed E-state index contributed by atoms with van der Waals surface area (Å²) in [5.41, 5.74) is 2.10. The summed E-state index contributed by atoms with van der Waals surface area (Å²) in [6, 6.07) is 15.3. The summed E-state index contributed by atoms with van der Waals surface area (Å²) >= 11 is 1.46. The van der Waals surface area contributed by atoms with Crippen LogP contribution in [-0.4, -0.2) is 15.5 Å². The van der Waals surface area contributed by atoms with Gasteiger partial charge in [0.1, 0.15) is 17.2 Å². The lowest BCUT2D eigenvalue weighted by molar-refractivity contribution is -0.116. The van der Waals surface area contributed by atoms with E-state index in [1.807, 2.05) is 37.3 Å². The highest BCUT2D eigenvalue weighted by molar-refractivity contribution is 7.22. The molecule has 0 fully saturated rings. The van der Waals surface area contributed by atoms with Crippen molar-refractivity contribution < 1.29 is 9.18 Å². The van der Waals surface area contributed by atoms with Gasteiger partial charge in [0.05, 0.1) is 11.7 Å². The zero-order valence-electron chi connectivity index (χ0n) is 15.0. The minimum atomic E-state index is -0.383. The molecule has 1 N–H and O–H groups in total. The molecule has 2 heterocycles. The first kappa shape index (κ1) is 18.1. The number of carbonyl (C=O) groups excluding carboxylic acids is 1. The molecule has 0 bridgehead atoms. The molecule has 4 rings (SSSR count). The average molecular weight is 393 g/mol. The average Bonchev–Trinajstić information content (AvgIpc) is 3.04. The number of anilines is 1. The molecule has 5 nitrogen and oxygen atoms in total. The number of aromatic nitrogens is 2. The van der Waals surface area contributed by atoms with Gasteiger partial charge in [0.2, 0.25) is 5.91 Å². The van der Waals surface area contributed by atoms with Crippen molar-refractivity contribution in [3.8, 4) is 10.4 Å². The number of nitrogens with one attached hydrogen (secondary N) is 1. The summed E-state index contributed by atoms with van der Waals surface area (Å²) in [4.78, 5) is 31.2. The van der Waals surface area contributed by atoms with Crippen molar-refractivity contribution in [2.75, 3.05) is 5.32 Å². The van der Waals surface area contributed by atoms with E-state index in [0.29, 0.717) is 15.9 Å². The summed E-state index contributed by atoms with van der Waals surface area (Å²) in [7, 11) is 0. The van der Waals surface area contributed by atoms with Crippen molar-refractivity contribution in [1.29, 1.82) is 0 Å². The third-order valence-electron chi connectivity index (χ3n) is 4.40. The van der Waals surface area contributed by atoms with E-state index in [1.54, 1.807) is 0 Å². The first-order valence-corrected chi connectivity index (χ1v) is 9.44. The number of hydrogen-bond acceptors (Lipinski definition) is 4. The number of hydrogen-bond donors (Lipinski definition) is 1. The van der Waals surface area contributed by atoms with Crippen LogP contribution in [0.5, 0.6) is 0 Å². The van der Waals surface area contributed by atoms with Crippen molar-refractivity contribution in [3.63, 3.8) is 0 Å². The standard InChI is InChI=1S/C21H16FN3O2S/c1-13-18-20(28-19(13)14-5-3-2-4-6-14)23-12-25(21(18)27)11-17(26)24-16-9-7-15(22)8-10-16/h2-10,12H,11H2,1H3,(H,24,26). The highest BCUT2D eigenvalue weighted by atomic mass is 32.1. The normalized spacial score (nSPS) is 10.9. The van der Waals surface area contributed by atoms with Gasteiger partial charge in [-0.3, -0.25) is 14.2 Å². The van der Waals surface area contributed by atoms with Gasteiger partial charge in [-0.2, -0.15) is 0 Å². The van der Waals surface area contributed by atoms with Gasteiger partial charge in [-0.25, -0.2) is 9.37 Å². The van der Waals surface area contributed by atoms with Gasteiger partial charge in [-0.15, -0.1) is 11.3 Å². The van der Waals surface area contributed by atoms with E-state index in [0.717, 1.165) is 16.0 Å². The Morgan fingerprint density at radius 3 is 2.57 bits per heavy atom. The number of fused-ring (bicyclic) bond motifs is 1. The number of halogens is 1. The Hall–Kier alpha value is -3.32. The van der Waals surface area contributed by atoms with Crippen molar-refractivity contribution in [1.82, 2.24) is 9.55 Å². The Labute approximate surface area is 164 Å². The van der Waals surface area contributed by atoms with Crippen LogP contribution in [-0.2, 0) is 11.3 Å². The smallest absolute Gasteiger partial charge is 0.262 e. The maximum atomic E-state index is 13.0. The predicted octanol–water partition coefficient (Wildman–Crippen LogP) is 4.21. The highest BCUT2D eigenvalue weighted by Gasteiger charge is 2.16. The second-order valence-electron chi connectivity index (χ2n) is 6.34. The van der Waals surface area contributed by atoms with Gasteiger partial charge < -0.3 is 5.32 Å². The second-order valence-corrected chi connectivity index (χ2v) is 7.33. The Morgan fingerprint density at radius 2 is 1.86 bits per heavy atom. The zero-order chi connectivity index (χ0) is 19.7. The minimum absolute atomic E-state index is 0.172. The van der Waals surface area contributed by atoms with Crippen LogP contribution in [0.1, 0.15) is 5.56 Å². The maximum absolute atomic E-state index is 13.0. The molecule has 0 aliphatic rings. The predicted molar refractivity (Wildman–Crippen MR) is 109 cm³/mol. The van der Waals surface area contributed by atoms with E-state index < -0.39 is 0 Å². The number of amides is 1. The van der Waals surface area contributed by atoms with Crippen molar-refractivity contribution >= 4 is 33.1 Å². The SMILES string of the molecule is Cc1c(-c2ccccc2)sc2ncn(CC(=O)Nc3ccc(F)cc3)c(=O)c12. The number of thiophene rings is 1. The molecule has 0 aliphatic carbocycles. The summed E-state index contributed by atoms with van der Waals surface area (Å²) in [5.74, 6) is -0.767. The van der Waals surface area contributed by atoms with Crippen LogP contribution in [0.2, 0.25) is 0 Å². The summed E-state index contributed by atoms with van der Waals surface area (Å²) < 4.78 is 14.3. The first-order valence-electron chi connectivity index (χ1n) is 8.62. The molecule has 0 spiro atoms. The Bertz CT molecular complexity index is 1210. The minimum Gasteiger partial charge on any atom is -0.325 e. The zero-order valence-corrected chi connectivity index (χ0v) is 15.8. The summed E-state index contributed by atoms with van der Waals surface area (Å²) in [5, 5.41) is 3.18. The number of carbonyl (C=O) groups is 1. The fourth-order valence-corrected chi connectivity index (χ4v) is 4.17. The van der Waals surface area contributed by atoms with Crippen LogP contribution >= 0.6 is 11.3 Å². The second kappa shape index (κ2) is 7.36. The molecule has 2 aromatic heterocycles. The monoisotopic (exact) mass is 393 g/mol. The number of nitrogens with zero attached hydrogens (tertiary/aromatic N) is 2. The van der Waals surface area contributed by atoms with Crippen molar-refractivity contribution in [3.05, 3.63) is 82.7 Å². The van der Waals surface area contributed by atoms with Gasteiger partial charge in [0, 0.05) is 10.6 Å². The molecule has 0 atom stereocenters. The Kier molecular flexibility index (Phi) is 4.75. The Morgan fingerprint density at radius 1 is 1.14 bits per heavy atom. The highest BCUT2D eigenvalue weighted by Crippen LogP contribution is 2.35. The van der Waals surface area contributed by atoms with E-state index in [9.17, 15) is 14.0 Å². The molecule has 0 saturated heterocycles. The van der Waals surface area contributed by atoms with Gasteiger partial charge in [-0.1, -0.05) is 30.3 Å². The molecule has 0 radical (unpaired) electrons. The fourth-order valence-electron chi connectivity index (χ4n) is 3.03. The van der Waals surface area contributed by atoms with E-state index in [1.165, 1.54) is 46.5 Å².